The summed E-state index contributed by atoms with van der Waals surface area (Å²) in [5.41, 5.74) is 1.32. The number of benzene rings is 1. The van der Waals surface area contributed by atoms with Crippen molar-refractivity contribution in [2.24, 2.45) is 5.92 Å². The number of nitrogens with zero attached hydrogens (tertiary/aromatic N) is 2. The van der Waals surface area contributed by atoms with E-state index in [2.05, 4.69) is 9.55 Å². The van der Waals surface area contributed by atoms with Crippen molar-refractivity contribution in [3.8, 4) is 0 Å². The zero-order valence-electron chi connectivity index (χ0n) is 10.6. The van der Waals surface area contributed by atoms with Crippen LogP contribution in [0.2, 0.25) is 0 Å². The molecule has 1 aromatic heterocycles. The number of hydrogen-bond acceptors (Lipinski definition) is 2. The van der Waals surface area contributed by atoms with Gasteiger partial charge in [-0.2, -0.15) is 11.8 Å². The van der Waals surface area contributed by atoms with Gasteiger partial charge in [0.05, 0.1) is 11.4 Å². The number of fused-ring (bicyclic) bond motifs is 1. The highest BCUT2D eigenvalue weighted by Crippen LogP contribution is 2.27. The number of alkyl halides is 1. The van der Waals surface area contributed by atoms with E-state index in [1.807, 2.05) is 17.8 Å². The molecule has 3 rings (SSSR count). The van der Waals surface area contributed by atoms with Crippen LogP contribution in [0.15, 0.2) is 18.2 Å². The molecule has 2 heterocycles. The number of aromatic nitrogens is 2. The highest BCUT2D eigenvalue weighted by molar-refractivity contribution is 7.99. The Kier molecular flexibility index (Phi) is 3.99. The van der Waals surface area contributed by atoms with Gasteiger partial charge in [0.25, 0.3) is 0 Å². The number of thioether (sulfide) groups is 1. The van der Waals surface area contributed by atoms with Crippen LogP contribution in [0.3, 0.4) is 0 Å². The summed E-state index contributed by atoms with van der Waals surface area (Å²) in [7, 11) is 0. The van der Waals surface area contributed by atoms with Gasteiger partial charge in [0.15, 0.2) is 5.82 Å². The molecule has 1 aliphatic heterocycles. The summed E-state index contributed by atoms with van der Waals surface area (Å²) in [6, 6.07) is 5.12. The summed E-state index contributed by atoms with van der Waals surface area (Å²) in [5, 5.41) is 0. The number of para-hydroxylation sites is 1. The smallest absolute Gasteiger partial charge is 0.151 e. The first kappa shape index (κ1) is 13.3. The minimum atomic E-state index is -0.262. The van der Waals surface area contributed by atoms with E-state index in [4.69, 9.17) is 11.6 Å². The Hall–Kier alpha value is -0.740. The number of hydrogen-bond donors (Lipinski definition) is 0. The van der Waals surface area contributed by atoms with Crippen LogP contribution in [0, 0.1) is 11.7 Å². The molecule has 0 saturated carbocycles. The van der Waals surface area contributed by atoms with E-state index in [1.54, 1.807) is 6.07 Å². The van der Waals surface area contributed by atoms with Crippen LogP contribution >= 0.6 is 23.4 Å². The molecule has 1 saturated heterocycles. The minimum absolute atomic E-state index is 0.262. The number of rotatable bonds is 3. The Labute approximate surface area is 121 Å². The summed E-state index contributed by atoms with van der Waals surface area (Å²) in [4.78, 5) is 4.35. The minimum Gasteiger partial charge on any atom is -0.327 e. The molecule has 1 fully saturated rings. The first-order valence-electron chi connectivity index (χ1n) is 6.57. The molecule has 0 radical (unpaired) electrons. The summed E-state index contributed by atoms with van der Waals surface area (Å²) in [6.07, 6.45) is 2.45. The standard InChI is InChI=1S/C14H16ClFN2S/c15-8-13-17-14-11(16)2-1-3-12(14)18(13)9-10-4-6-19-7-5-10/h1-3,10H,4-9H2. The summed E-state index contributed by atoms with van der Waals surface area (Å²) >= 11 is 7.98. The average molecular weight is 299 g/mol. The molecule has 2 aromatic rings. The van der Waals surface area contributed by atoms with Crippen LogP contribution in [-0.2, 0) is 12.4 Å². The van der Waals surface area contributed by atoms with E-state index in [-0.39, 0.29) is 5.82 Å². The highest BCUT2D eigenvalue weighted by Gasteiger charge is 2.19. The van der Waals surface area contributed by atoms with Crippen molar-refractivity contribution in [3.05, 3.63) is 29.8 Å². The Balaban J connectivity index is 1.98. The predicted octanol–water partition coefficient (Wildman–Crippen LogP) is 4.06. The van der Waals surface area contributed by atoms with Gasteiger partial charge >= 0.3 is 0 Å². The molecule has 102 valence electrons. The molecule has 1 aliphatic rings. The predicted molar refractivity (Wildman–Crippen MR) is 79.3 cm³/mol. The van der Waals surface area contributed by atoms with Crippen LogP contribution < -0.4 is 0 Å². The zero-order valence-corrected chi connectivity index (χ0v) is 12.2. The van der Waals surface area contributed by atoms with E-state index in [0.29, 0.717) is 17.3 Å². The van der Waals surface area contributed by atoms with Crippen LogP contribution in [0.25, 0.3) is 11.0 Å². The van der Waals surface area contributed by atoms with Crippen molar-refractivity contribution in [2.75, 3.05) is 11.5 Å². The first-order chi connectivity index (χ1) is 9.29. The van der Waals surface area contributed by atoms with Gasteiger partial charge in [-0.1, -0.05) is 6.07 Å². The third-order valence-corrected chi connectivity index (χ3v) is 5.00. The molecule has 0 unspecified atom stereocenters. The van der Waals surface area contributed by atoms with Crippen LogP contribution in [0.4, 0.5) is 4.39 Å². The zero-order chi connectivity index (χ0) is 13.2. The Morgan fingerprint density at radius 3 is 2.89 bits per heavy atom. The van der Waals surface area contributed by atoms with Gasteiger partial charge in [0.1, 0.15) is 11.3 Å². The van der Waals surface area contributed by atoms with E-state index in [1.165, 1.54) is 30.4 Å². The van der Waals surface area contributed by atoms with Crippen molar-refractivity contribution < 1.29 is 4.39 Å². The van der Waals surface area contributed by atoms with Gasteiger partial charge in [-0.05, 0) is 42.4 Å². The van der Waals surface area contributed by atoms with Crippen molar-refractivity contribution in [3.63, 3.8) is 0 Å². The van der Waals surface area contributed by atoms with Crippen molar-refractivity contribution in [1.29, 1.82) is 0 Å². The lowest BCUT2D eigenvalue weighted by Gasteiger charge is -2.22. The van der Waals surface area contributed by atoms with Crippen LogP contribution in [-0.4, -0.2) is 21.1 Å². The molecule has 2 nitrogen and oxygen atoms in total. The molecule has 0 atom stereocenters. The van der Waals surface area contributed by atoms with Gasteiger partial charge in [-0.25, -0.2) is 9.37 Å². The van der Waals surface area contributed by atoms with Gasteiger partial charge in [-0.3, -0.25) is 0 Å². The van der Waals surface area contributed by atoms with Crippen molar-refractivity contribution in [2.45, 2.75) is 25.3 Å². The van der Waals surface area contributed by atoms with E-state index in [9.17, 15) is 4.39 Å². The molecule has 19 heavy (non-hydrogen) atoms. The van der Waals surface area contributed by atoms with Crippen LogP contribution in [0.5, 0.6) is 0 Å². The Morgan fingerprint density at radius 2 is 2.16 bits per heavy atom. The largest absolute Gasteiger partial charge is 0.327 e. The van der Waals surface area contributed by atoms with E-state index >= 15 is 0 Å². The van der Waals surface area contributed by atoms with Gasteiger partial charge in [0, 0.05) is 6.54 Å². The van der Waals surface area contributed by atoms with E-state index in [0.717, 1.165) is 17.9 Å². The topological polar surface area (TPSA) is 17.8 Å². The molecular formula is C14H16ClFN2S. The van der Waals surface area contributed by atoms with E-state index < -0.39 is 0 Å². The number of imidazole rings is 1. The molecule has 0 amide bonds. The third-order valence-electron chi connectivity index (χ3n) is 3.71. The summed E-state index contributed by atoms with van der Waals surface area (Å²) < 4.78 is 15.9. The first-order valence-corrected chi connectivity index (χ1v) is 8.26. The molecule has 1 aromatic carbocycles. The lowest BCUT2D eigenvalue weighted by molar-refractivity contribution is 0.417. The lowest BCUT2D eigenvalue weighted by Crippen LogP contribution is -2.17. The Morgan fingerprint density at radius 1 is 1.37 bits per heavy atom. The fourth-order valence-electron chi connectivity index (χ4n) is 2.65. The summed E-state index contributed by atoms with van der Waals surface area (Å²) in [5.74, 6) is 3.95. The monoisotopic (exact) mass is 298 g/mol. The fraction of sp³-hybridized carbons (Fsp3) is 0.500. The van der Waals surface area contributed by atoms with Gasteiger partial charge < -0.3 is 4.57 Å². The SMILES string of the molecule is Fc1cccc2c1nc(CCl)n2CC1CCSCC1. The van der Waals surface area contributed by atoms with Crippen LogP contribution in [0.1, 0.15) is 18.7 Å². The molecule has 0 N–H and O–H groups in total. The lowest BCUT2D eigenvalue weighted by atomic mass is 10.0. The van der Waals surface area contributed by atoms with Crippen molar-refractivity contribution >= 4 is 34.4 Å². The second-order valence-electron chi connectivity index (χ2n) is 4.94. The molecule has 0 spiro atoms. The summed E-state index contributed by atoms with van der Waals surface area (Å²) in [6.45, 7) is 0.905. The third kappa shape index (κ3) is 2.61. The Bertz CT molecular complexity index is 578. The second kappa shape index (κ2) is 5.71. The molecule has 0 bridgehead atoms. The maximum atomic E-state index is 13.8. The maximum absolute atomic E-state index is 13.8. The number of halogens is 2. The fourth-order valence-corrected chi connectivity index (χ4v) is 4.06. The second-order valence-corrected chi connectivity index (χ2v) is 6.43. The average Bonchev–Trinajstić information content (AvgIpc) is 2.80. The van der Waals surface area contributed by atoms with Crippen molar-refractivity contribution in [1.82, 2.24) is 9.55 Å². The van der Waals surface area contributed by atoms with Gasteiger partial charge in [-0.15, -0.1) is 11.6 Å². The quantitative estimate of drug-likeness (QED) is 0.795. The highest BCUT2D eigenvalue weighted by atomic mass is 35.5. The maximum Gasteiger partial charge on any atom is 0.151 e. The normalized spacial score (nSPS) is 17.2. The molecular weight excluding hydrogens is 283 g/mol. The molecule has 5 heteroatoms. The molecule has 0 aliphatic carbocycles. The van der Waals surface area contributed by atoms with Gasteiger partial charge in [0.2, 0.25) is 0 Å².